The van der Waals surface area contributed by atoms with Crippen LogP contribution in [0, 0.1) is 0 Å². The average molecular weight is 337 g/mol. The topological polar surface area (TPSA) is 55.9 Å². The molecule has 2 heterocycles. The molecule has 0 bridgehead atoms. The number of nitrogens with one attached hydrogen (secondary N) is 1. The van der Waals surface area contributed by atoms with Gasteiger partial charge in [-0.1, -0.05) is 12.1 Å². The third kappa shape index (κ3) is 2.44. The van der Waals surface area contributed by atoms with E-state index in [0.717, 1.165) is 22.1 Å². The van der Waals surface area contributed by atoms with Gasteiger partial charge in [-0.25, -0.2) is 4.98 Å². The number of nitrogens with zero attached hydrogens (tertiary/aromatic N) is 2. The average Bonchev–Trinajstić information content (AvgIpc) is 3.03. The standard InChI is InChI=1S/C13H13BrN4S/c14-9-5-6-19-13(9)11(17-15)7-18-8-16-10-3-1-2-4-12(10)18/h1-6,8,11,17H,7,15H2. The number of hydrogen-bond acceptors (Lipinski definition) is 4. The van der Waals surface area contributed by atoms with Crippen molar-refractivity contribution >= 4 is 38.3 Å². The quantitative estimate of drug-likeness (QED) is 0.568. The molecular weight excluding hydrogens is 324 g/mol. The Bertz CT molecular complexity index is 691. The highest BCUT2D eigenvalue weighted by atomic mass is 79.9. The second kappa shape index (κ2) is 5.42. The molecule has 19 heavy (non-hydrogen) atoms. The van der Waals surface area contributed by atoms with Gasteiger partial charge in [0.05, 0.1) is 23.4 Å². The lowest BCUT2D eigenvalue weighted by Crippen LogP contribution is -2.30. The Labute approximate surface area is 123 Å². The number of nitrogens with two attached hydrogens (primary N) is 1. The summed E-state index contributed by atoms with van der Waals surface area (Å²) >= 11 is 5.24. The highest BCUT2D eigenvalue weighted by Gasteiger charge is 2.16. The molecule has 0 saturated heterocycles. The van der Waals surface area contributed by atoms with Crippen LogP contribution >= 0.6 is 27.3 Å². The first-order chi connectivity index (χ1) is 9.29. The molecule has 3 N–H and O–H groups in total. The molecule has 0 saturated carbocycles. The van der Waals surface area contributed by atoms with Gasteiger partial charge in [0.1, 0.15) is 0 Å². The number of thiophene rings is 1. The minimum Gasteiger partial charge on any atom is -0.329 e. The lowest BCUT2D eigenvalue weighted by atomic mass is 10.2. The first-order valence-electron chi connectivity index (χ1n) is 5.88. The van der Waals surface area contributed by atoms with E-state index in [1.807, 2.05) is 30.6 Å². The molecule has 98 valence electrons. The monoisotopic (exact) mass is 336 g/mol. The zero-order chi connectivity index (χ0) is 13.2. The highest BCUT2D eigenvalue weighted by Crippen LogP contribution is 2.30. The Morgan fingerprint density at radius 1 is 1.37 bits per heavy atom. The first kappa shape index (κ1) is 12.8. The number of benzene rings is 1. The van der Waals surface area contributed by atoms with Gasteiger partial charge in [-0.2, -0.15) is 0 Å². The smallest absolute Gasteiger partial charge is 0.0958 e. The Kier molecular flexibility index (Phi) is 3.65. The molecule has 0 aliphatic carbocycles. The predicted molar refractivity (Wildman–Crippen MR) is 81.8 cm³/mol. The van der Waals surface area contributed by atoms with Crippen LogP contribution in [0.3, 0.4) is 0 Å². The van der Waals surface area contributed by atoms with Crippen molar-refractivity contribution in [1.29, 1.82) is 0 Å². The number of imidazole rings is 1. The molecule has 0 fully saturated rings. The number of hydrogen-bond donors (Lipinski definition) is 2. The third-order valence-corrected chi connectivity index (χ3v) is 5.05. The molecule has 0 aliphatic rings. The van der Waals surface area contributed by atoms with E-state index in [0.29, 0.717) is 0 Å². The largest absolute Gasteiger partial charge is 0.329 e. The van der Waals surface area contributed by atoms with Crippen LogP contribution in [0.5, 0.6) is 0 Å². The molecular formula is C13H13BrN4S. The van der Waals surface area contributed by atoms with Gasteiger partial charge in [0.15, 0.2) is 0 Å². The van der Waals surface area contributed by atoms with Crippen LogP contribution < -0.4 is 11.3 Å². The van der Waals surface area contributed by atoms with Crippen LogP contribution in [0.4, 0.5) is 0 Å². The molecule has 0 radical (unpaired) electrons. The first-order valence-corrected chi connectivity index (χ1v) is 7.55. The lowest BCUT2D eigenvalue weighted by Gasteiger charge is -2.16. The summed E-state index contributed by atoms with van der Waals surface area (Å²) in [6.07, 6.45) is 1.86. The fourth-order valence-electron chi connectivity index (χ4n) is 2.12. The molecule has 1 aromatic carbocycles. The summed E-state index contributed by atoms with van der Waals surface area (Å²) in [6.45, 7) is 0.746. The summed E-state index contributed by atoms with van der Waals surface area (Å²) in [5.41, 5.74) is 5.00. The minimum absolute atomic E-state index is 0.0620. The second-order valence-electron chi connectivity index (χ2n) is 4.24. The summed E-state index contributed by atoms with van der Waals surface area (Å²) in [7, 11) is 0. The van der Waals surface area contributed by atoms with Crippen molar-refractivity contribution < 1.29 is 0 Å². The second-order valence-corrected chi connectivity index (χ2v) is 6.04. The van der Waals surface area contributed by atoms with Crippen molar-refractivity contribution in [2.45, 2.75) is 12.6 Å². The predicted octanol–water partition coefficient (Wildman–Crippen LogP) is 3.06. The number of para-hydroxylation sites is 2. The lowest BCUT2D eigenvalue weighted by molar-refractivity contribution is 0.487. The zero-order valence-electron chi connectivity index (χ0n) is 10.1. The maximum atomic E-state index is 5.70. The van der Waals surface area contributed by atoms with Gasteiger partial charge in [-0.15, -0.1) is 11.3 Å². The van der Waals surface area contributed by atoms with Crippen LogP contribution in [-0.4, -0.2) is 9.55 Å². The van der Waals surface area contributed by atoms with Gasteiger partial charge < -0.3 is 4.57 Å². The summed E-state index contributed by atoms with van der Waals surface area (Å²) in [4.78, 5) is 5.59. The van der Waals surface area contributed by atoms with Crippen LogP contribution in [-0.2, 0) is 6.54 Å². The summed E-state index contributed by atoms with van der Waals surface area (Å²) in [5, 5.41) is 2.05. The van der Waals surface area contributed by atoms with Crippen molar-refractivity contribution in [1.82, 2.24) is 15.0 Å². The Morgan fingerprint density at radius 2 is 2.21 bits per heavy atom. The molecule has 0 aliphatic heterocycles. The van der Waals surface area contributed by atoms with E-state index in [9.17, 15) is 0 Å². The number of fused-ring (bicyclic) bond motifs is 1. The maximum absolute atomic E-state index is 5.70. The van der Waals surface area contributed by atoms with E-state index >= 15 is 0 Å². The molecule has 2 aromatic heterocycles. The Balaban J connectivity index is 1.93. The van der Waals surface area contributed by atoms with Gasteiger partial charge >= 0.3 is 0 Å². The number of aromatic nitrogens is 2. The van der Waals surface area contributed by atoms with E-state index in [1.54, 1.807) is 11.3 Å². The summed E-state index contributed by atoms with van der Waals surface area (Å²) in [6, 6.07) is 10.2. The van der Waals surface area contributed by atoms with Crippen LogP contribution in [0.1, 0.15) is 10.9 Å². The molecule has 0 spiro atoms. The van der Waals surface area contributed by atoms with Gasteiger partial charge in [-0.05, 0) is 39.5 Å². The fourth-order valence-corrected chi connectivity index (χ4v) is 3.82. The highest BCUT2D eigenvalue weighted by molar-refractivity contribution is 9.10. The normalized spacial score (nSPS) is 12.9. The maximum Gasteiger partial charge on any atom is 0.0958 e. The van der Waals surface area contributed by atoms with E-state index in [-0.39, 0.29) is 6.04 Å². The summed E-state index contributed by atoms with van der Waals surface area (Å²) in [5.74, 6) is 5.70. The van der Waals surface area contributed by atoms with Crippen molar-refractivity contribution in [2.75, 3.05) is 0 Å². The zero-order valence-corrected chi connectivity index (χ0v) is 12.5. The molecule has 3 aromatic rings. The molecule has 6 heteroatoms. The van der Waals surface area contributed by atoms with Gasteiger partial charge in [0.2, 0.25) is 0 Å². The van der Waals surface area contributed by atoms with E-state index < -0.39 is 0 Å². The van der Waals surface area contributed by atoms with Gasteiger partial charge in [0.25, 0.3) is 0 Å². The van der Waals surface area contributed by atoms with Crippen molar-refractivity contribution in [3.63, 3.8) is 0 Å². The van der Waals surface area contributed by atoms with Crippen LogP contribution in [0.2, 0.25) is 0 Å². The SMILES string of the molecule is NNC(Cn1cnc2ccccc21)c1sccc1Br. The fraction of sp³-hybridized carbons (Fsp3) is 0.154. The Morgan fingerprint density at radius 3 is 2.95 bits per heavy atom. The molecule has 0 amide bonds. The van der Waals surface area contributed by atoms with E-state index in [4.69, 9.17) is 5.84 Å². The number of rotatable bonds is 4. The van der Waals surface area contributed by atoms with E-state index in [1.165, 1.54) is 4.88 Å². The van der Waals surface area contributed by atoms with Crippen molar-refractivity contribution in [3.05, 3.63) is 51.4 Å². The van der Waals surface area contributed by atoms with Crippen molar-refractivity contribution in [2.24, 2.45) is 5.84 Å². The molecule has 1 unspecified atom stereocenters. The molecule has 3 rings (SSSR count). The van der Waals surface area contributed by atoms with Crippen molar-refractivity contribution in [3.8, 4) is 0 Å². The molecule has 1 atom stereocenters. The third-order valence-electron chi connectivity index (χ3n) is 3.07. The van der Waals surface area contributed by atoms with Gasteiger partial charge in [0, 0.05) is 15.9 Å². The van der Waals surface area contributed by atoms with E-state index in [2.05, 4.69) is 42.4 Å². The van der Waals surface area contributed by atoms with Crippen LogP contribution in [0.15, 0.2) is 46.5 Å². The van der Waals surface area contributed by atoms with Gasteiger partial charge in [-0.3, -0.25) is 11.3 Å². The number of hydrazine groups is 1. The van der Waals surface area contributed by atoms with Crippen LogP contribution in [0.25, 0.3) is 11.0 Å². The minimum atomic E-state index is 0.0620. The molecule has 4 nitrogen and oxygen atoms in total. The summed E-state index contributed by atoms with van der Waals surface area (Å²) < 4.78 is 3.20. The Hall–Kier alpha value is -1.21. The number of halogens is 1.